The number of amides is 1. The molecule has 1 amide bonds. The van der Waals surface area contributed by atoms with Gasteiger partial charge in [0.05, 0.1) is 0 Å². The number of nitrogens with zero attached hydrogens (tertiary/aromatic N) is 2. The number of rotatable bonds is 6. The molecular weight excluding hydrogens is 350 g/mol. The van der Waals surface area contributed by atoms with Gasteiger partial charge in [-0.15, -0.1) is 0 Å². The Labute approximate surface area is 155 Å². The van der Waals surface area contributed by atoms with Gasteiger partial charge in [-0.25, -0.2) is 9.78 Å². The third kappa shape index (κ3) is 4.69. The molecule has 1 unspecified atom stereocenters. The lowest BCUT2D eigenvalue weighted by atomic mass is 10.2. The van der Waals surface area contributed by atoms with Crippen molar-refractivity contribution in [2.75, 3.05) is 5.32 Å². The van der Waals surface area contributed by atoms with E-state index in [1.807, 2.05) is 6.07 Å². The fourth-order valence-electron chi connectivity index (χ4n) is 2.16. The van der Waals surface area contributed by atoms with Gasteiger partial charge in [-0.1, -0.05) is 23.4 Å². The molecule has 2 heterocycles. The molecule has 1 aromatic carbocycles. The number of nitrogens with one attached hydrogen (secondary N) is 1. The second-order valence-corrected chi connectivity index (χ2v) is 5.63. The molecule has 0 aliphatic rings. The summed E-state index contributed by atoms with van der Waals surface area (Å²) < 4.78 is 15.7. The largest absolute Gasteiger partial charge is 0.449 e. The Hall–Kier alpha value is -3.68. The average Bonchev–Trinajstić information content (AvgIpc) is 3.07. The summed E-state index contributed by atoms with van der Waals surface area (Å²) in [5.74, 6) is 0.146. The van der Waals surface area contributed by atoms with Gasteiger partial charge in [-0.2, -0.15) is 0 Å². The molecule has 3 rings (SSSR count). The van der Waals surface area contributed by atoms with Crippen molar-refractivity contribution < 1.29 is 23.6 Å². The quantitative estimate of drug-likeness (QED) is 0.666. The van der Waals surface area contributed by atoms with Crippen LogP contribution in [0.25, 0.3) is 0 Å². The Kier molecular flexibility index (Phi) is 5.46. The summed E-state index contributed by atoms with van der Waals surface area (Å²) >= 11 is 0. The van der Waals surface area contributed by atoms with Crippen LogP contribution in [0.15, 0.2) is 59.3 Å². The van der Waals surface area contributed by atoms with E-state index in [0.29, 0.717) is 11.5 Å². The van der Waals surface area contributed by atoms with E-state index in [-0.39, 0.29) is 17.3 Å². The van der Waals surface area contributed by atoms with E-state index in [0.717, 1.165) is 0 Å². The van der Waals surface area contributed by atoms with Gasteiger partial charge >= 0.3 is 5.97 Å². The van der Waals surface area contributed by atoms with Crippen LogP contribution in [0.1, 0.15) is 23.0 Å². The molecule has 0 radical (unpaired) electrons. The Balaban J connectivity index is 1.67. The molecule has 1 N–H and O–H groups in total. The second-order valence-electron chi connectivity index (χ2n) is 5.63. The molecule has 138 valence electrons. The fraction of sp³-hybridized carbons (Fsp3) is 0.158. The van der Waals surface area contributed by atoms with Crippen LogP contribution in [0.3, 0.4) is 0 Å². The number of para-hydroxylation sites is 1. The first-order chi connectivity index (χ1) is 13.0. The van der Waals surface area contributed by atoms with Gasteiger partial charge in [0, 0.05) is 12.3 Å². The van der Waals surface area contributed by atoms with Crippen LogP contribution in [0.5, 0.6) is 11.6 Å². The molecule has 0 saturated heterocycles. The number of aromatic nitrogens is 2. The summed E-state index contributed by atoms with van der Waals surface area (Å²) in [6.07, 6.45) is 0.442. The topological polar surface area (TPSA) is 104 Å². The number of ether oxygens (including phenoxy) is 2. The van der Waals surface area contributed by atoms with Gasteiger partial charge in [0.2, 0.25) is 5.88 Å². The summed E-state index contributed by atoms with van der Waals surface area (Å²) in [5, 5.41) is 6.16. The number of esters is 1. The Bertz CT molecular complexity index is 939. The number of pyridine rings is 1. The van der Waals surface area contributed by atoms with Crippen LogP contribution in [-0.4, -0.2) is 28.1 Å². The summed E-state index contributed by atoms with van der Waals surface area (Å²) in [4.78, 5) is 28.7. The van der Waals surface area contributed by atoms with E-state index in [1.54, 1.807) is 43.3 Å². The Morgan fingerprint density at radius 3 is 2.63 bits per heavy atom. The third-order valence-electron chi connectivity index (χ3n) is 3.48. The predicted molar refractivity (Wildman–Crippen MR) is 95.5 cm³/mol. The van der Waals surface area contributed by atoms with Gasteiger partial charge in [0.15, 0.2) is 11.9 Å². The minimum atomic E-state index is -1.06. The molecule has 0 aliphatic heterocycles. The molecule has 0 fully saturated rings. The summed E-state index contributed by atoms with van der Waals surface area (Å²) in [5.41, 5.74) is 0.110. The zero-order chi connectivity index (χ0) is 19.2. The van der Waals surface area contributed by atoms with E-state index >= 15 is 0 Å². The second kappa shape index (κ2) is 8.13. The molecule has 0 aliphatic carbocycles. The van der Waals surface area contributed by atoms with Crippen LogP contribution in [0, 0.1) is 6.92 Å². The van der Waals surface area contributed by atoms with Crippen molar-refractivity contribution >= 4 is 17.7 Å². The van der Waals surface area contributed by atoms with Gasteiger partial charge in [0.25, 0.3) is 5.91 Å². The number of benzene rings is 1. The van der Waals surface area contributed by atoms with Crippen molar-refractivity contribution in [1.82, 2.24) is 10.1 Å². The zero-order valence-electron chi connectivity index (χ0n) is 14.7. The van der Waals surface area contributed by atoms with Crippen LogP contribution < -0.4 is 10.1 Å². The van der Waals surface area contributed by atoms with Crippen molar-refractivity contribution in [3.8, 4) is 11.6 Å². The highest BCUT2D eigenvalue weighted by atomic mass is 16.6. The van der Waals surface area contributed by atoms with Gasteiger partial charge in [-0.05, 0) is 38.1 Å². The predicted octanol–water partition coefficient (Wildman–Crippen LogP) is 3.35. The molecule has 8 heteroatoms. The van der Waals surface area contributed by atoms with Gasteiger partial charge in [0.1, 0.15) is 17.1 Å². The van der Waals surface area contributed by atoms with E-state index in [2.05, 4.69) is 15.5 Å². The lowest BCUT2D eigenvalue weighted by Gasteiger charge is -2.14. The number of aryl methyl sites for hydroxylation is 1. The highest BCUT2D eigenvalue weighted by Crippen LogP contribution is 2.23. The van der Waals surface area contributed by atoms with Crippen LogP contribution >= 0.6 is 0 Å². The maximum Gasteiger partial charge on any atom is 0.344 e. The van der Waals surface area contributed by atoms with Crippen LogP contribution in [0.4, 0.5) is 5.82 Å². The van der Waals surface area contributed by atoms with Crippen molar-refractivity contribution in [1.29, 1.82) is 0 Å². The highest BCUT2D eigenvalue weighted by Gasteiger charge is 2.23. The molecule has 3 aromatic rings. The SMILES string of the molecule is Cc1cc(NC(=O)C(C)OC(=O)c2cccnc2Oc2ccccc2)no1. The molecule has 8 nitrogen and oxygen atoms in total. The fourth-order valence-corrected chi connectivity index (χ4v) is 2.16. The van der Waals surface area contributed by atoms with Crippen molar-refractivity contribution in [2.24, 2.45) is 0 Å². The first kappa shape index (κ1) is 18.1. The van der Waals surface area contributed by atoms with Gasteiger partial charge < -0.3 is 19.3 Å². The van der Waals surface area contributed by atoms with Crippen LogP contribution in [0.2, 0.25) is 0 Å². The van der Waals surface area contributed by atoms with Crippen molar-refractivity contribution in [2.45, 2.75) is 20.0 Å². The number of carbonyl (C=O) groups excluding carboxylic acids is 2. The smallest absolute Gasteiger partial charge is 0.344 e. The lowest BCUT2D eigenvalue weighted by Crippen LogP contribution is -2.30. The van der Waals surface area contributed by atoms with E-state index in [4.69, 9.17) is 14.0 Å². The summed E-state index contributed by atoms with van der Waals surface area (Å²) in [7, 11) is 0. The maximum absolute atomic E-state index is 12.5. The summed E-state index contributed by atoms with van der Waals surface area (Å²) in [6, 6.07) is 13.6. The molecule has 0 spiro atoms. The van der Waals surface area contributed by atoms with E-state index in [1.165, 1.54) is 19.2 Å². The van der Waals surface area contributed by atoms with Crippen LogP contribution in [-0.2, 0) is 9.53 Å². The first-order valence-electron chi connectivity index (χ1n) is 8.16. The number of hydrogen-bond acceptors (Lipinski definition) is 7. The molecule has 2 aromatic heterocycles. The maximum atomic E-state index is 12.5. The standard InChI is InChI=1S/C19H17N3O5/c1-12-11-16(22-27-12)21-17(23)13(2)25-19(24)15-9-6-10-20-18(15)26-14-7-4-3-5-8-14/h3-11,13H,1-2H3,(H,21,22,23). The highest BCUT2D eigenvalue weighted by molar-refractivity contribution is 5.97. The molecule has 0 saturated carbocycles. The molecule has 0 bridgehead atoms. The number of carbonyl (C=O) groups is 2. The van der Waals surface area contributed by atoms with Gasteiger partial charge in [-0.3, -0.25) is 4.79 Å². The number of hydrogen-bond donors (Lipinski definition) is 1. The minimum Gasteiger partial charge on any atom is -0.449 e. The van der Waals surface area contributed by atoms with E-state index in [9.17, 15) is 9.59 Å². The average molecular weight is 367 g/mol. The normalized spacial score (nSPS) is 11.5. The Morgan fingerprint density at radius 2 is 1.93 bits per heavy atom. The Morgan fingerprint density at radius 1 is 1.15 bits per heavy atom. The molecular formula is C19H17N3O5. The molecule has 27 heavy (non-hydrogen) atoms. The van der Waals surface area contributed by atoms with E-state index < -0.39 is 18.0 Å². The molecule has 1 atom stereocenters. The lowest BCUT2D eigenvalue weighted by molar-refractivity contribution is -0.123. The summed E-state index contributed by atoms with van der Waals surface area (Å²) in [6.45, 7) is 3.15. The zero-order valence-corrected chi connectivity index (χ0v) is 14.7. The minimum absolute atomic E-state index is 0.0911. The monoisotopic (exact) mass is 367 g/mol. The van der Waals surface area contributed by atoms with Crippen molar-refractivity contribution in [3.63, 3.8) is 0 Å². The first-order valence-corrected chi connectivity index (χ1v) is 8.16. The third-order valence-corrected chi connectivity index (χ3v) is 3.48. The number of anilines is 1. The van der Waals surface area contributed by atoms with Crippen molar-refractivity contribution in [3.05, 3.63) is 66.1 Å².